The second-order valence-corrected chi connectivity index (χ2v) is 10.2. The van der Waals surface area contributed by atoms with Crippen LogP contribution in [0.4, 0.5) is 0 Å². The van der Waals surface area contributed by atoms with Gasteiger partial charge in [-0.2, -0.15) is 0 Å². The highest BCUT2D eigenvalue weighted by Gasteiger charge is 2.13. The van der Waals surface area contributed by atoms with Gasteiger partial charge in [0.1, 0.15) is 4.21 Å². The molecule has 0 aliphatic rings. The Hall–Kier alpha value is -0.600. The van der Waals surface area contributed by atoms with E-state index in [1.807, 2.05) is 0 Å². The molecule has 4 nitrogen and oxygen atoms in total. The van der Waals surface area contributed by atoms with E-state index >= 15 is 0 Å². The fourth-order valence-corrected chi connectivity index (χ4v) is 5.07. The van der Waals surface area contributed by atoms with Crippen molar-refractivity contribution in [3.63, 3.8) is 0 Å². The molecule has 0 radical (unpaired) electrons. The van der Waals surface area contributed by atoms with Crippen molar-refractivity contribution < 1.29 is 16.8 Å². The van der Waals surface area contributed by atoms with Gasteiger partial charge < -0.3 is 0 Å². The van der Waals surface area contributed by atoms with Crippen LogP contribution < -0.4 is 0 Å². The summed E-state index contributed by atoms with van der Waals surface area (Å²) in [5.41, 5.74) is 1.38. The molecule has 0 saturated carbocycles. The van der Waals surface area contributed by atoms with E-state index in [-0.39, 0.29) is 9.10 Å². The smallest absolute Gasteiger partial charge is 0.207 e. The Morgan fingerprint density at radius 1 is 0.857 bits per heavy atom. The van der Waals surface area contributed by atoms with Gasteiger partial charge in [-0.05, 0) is 42.5 Å². The molecule has 2 aromatic rings. The zero-order valence-electron chi connectivity index (χ0n) is 11.1. The predicted molar refractivity (Wildman–Crippen MR) is 86.3 cm³/mol. The zero-order valence-corrected chi connectivity index (χ0v) is 15.0. The van der Waals surface area contributed by atoms with Crippen LogP contribution in [0.1, 0.15) is 11.1 Å². The molecule has 9 heteroatoms. The van der Waals surface area contributed by atoms with Crippen LogP contribution in [0.15, 0.2) is 44.8 Å². The molecule has 116 valence electrons. The first-order valence-corrected chi connectivity index (χ1v) is 11.0. The lowest BCUT2D eigenvalue weighted by molar-refractivity contribution is 0.608. The number of rotatable bonds is 2. The average molecular weight is 387 g/mol. The molecule has 0 saturated heterocycles. The van der Waals surface area contributed by atoms with Crippen LogP contribution in [0.25, 0.3) is 0 Å². The van der Waals surface area contributed by atoms with E-state index < -0.39 is 18.1 Å². The van der Waals surface area contributed by atoms with E-state index in [9.17, 15) is 16.8 Å². The quantitative estimate of drug-likeness (QED) is 0.733. The minimum absolute atomic E-state index is 0.182. The second kappa shape index (κ2) is 7.11. The highest BCUT2D eigenvalue weighted by atomic mass is 35.7. The molecule has 0 spiro atoms. The van der Waals surface area contributed by atoms with Crippen molar-refractivity contribution in [1.82, 2.24) is 0 Å². The molecular formula is C12H12Cl2O4S3. The first-order valence-electron chi connectivity index (χ1n) is 5.52. The first-order chi connectivity index (χ1) is 9.53. The summed E-state index contributed by atoms with van der Waals surface area (Å²) in [4.78, 5) is 0.182. The molecule has 0 fully saturated rings. The monoisotopic (exact) mass is 386 g/mol. The minimum atomic E-state index is -3.56. The highest BCUT2D eigenvalue weighted by Crippen LogP contribution is 2.24. The predicted octanol–water partition coefficient (Wildman–Crippen LogP) is 3.91. The van der Waals surface area contributed by atoms with Gasteiger partial charge in [-0.25, -0.2) is 16.8 Å². The minimum Gasteiger partial charge on any atom is -0.207 e. The maximum atomic E-state index is 10.8. The van der Waals surface area contributed by atoms with Crippen LogP contribution in [0.5, 0.6) is 0 Å². The lowest BCUT2D eigenvalue weighted by Crippen LogP contribution is -1.92. The molecule has 0 bridgehead atoms. The molecule has 0 atom stereocenters. The molecule has 1 aromatic heterocycles. The van der Waals surface area contributed by atoms with Crippen LogP contribution in [-0.2, 0) is 18.1 Å². The van der Waals surface area contributed by atoms with Crippen LogP contribution in [0.3, 0.4) is 0 Å². The maximum absolute atomic E-state index is 10.8. The number of hydrogen-bond acceptors (Lipinski definition) is 5. The molecule has 2 rings (SSSR count). The van der Waals surface area contributed by atoms with E-state index in [2.05, 4.69) is 0 Å². The van der Waals surface area contributed by atoms with Crippen LogP contribution in [-0.4, -0.2) is 16.8 Å². The Balaban J connectivity index is 0.000000211. The number of halogens is 2. The summed E-state index contributed by atoms with van der Waals surface area (Å²) in [6, 6.07) is 8.32. The van der Waals surface area contributed by atoms with E-state index in [1.54, 1.807) is 43.5 Å². The van der Waals surface area contributed by atoms with Crippen molar-refractivity contribution in [3.8, 4) is 0 Å². The number of aryl methyl sites for hydroxylation is 2. The zero-order chi connectivity index (χ0) is 16.3. The van der Waals surface area contributed by atoms with Gasteiger partial charge in [0, 0.05) is 21.4 Å². The van der Waals surface area contributed by atoms with Crippen LogP contribution in [0.2, 0.25) is 0 Å². The average Bonchev–Trinajstić information content (AvgIpc) is 2.75. The molecule has 0 aliphatic heterocycles. The van der Waals surface area contributed by atoms with Crippen molar-refractivity contribution in [2.24, 2.45) is 0 Å². The van der Waals surface area contributed by atoms with Crippen molar-refractivity contribution in [2.75, 3.05) is 0 Å². The van der Waals surface area contributed by atoms with E-state index in [1.165, 1.54) is 6.07 Å². The Morgan fingerprint density at radius 3 is 1.71 bits per heavy atom. The van der Waals surface area contributed by atoms with Gasteiger partial charge in [-0.3, -0.25) is 0 Å². The summed E-state index contributed by atoms with van der Waals surface area (Å²) in [5, 5.41) is 1.70. The van der Waals surface area contributed by atoms with Gasteiger partial charge in [0.15, 0.2) is 0 Å². The van der Waals surface area contributed by atoms with Crippen molar-refractivity contribution in [1.29, 1.82) is 0 Å². The van der Waals surface area contributed by atoms with Gasteiger partial charge in [0.25, 0.3) is 18.1 Å². The van der Waals surface area contributed by atoms with Crippen molar-refractivity contribution in [3.05, 3.63) is 46.8 Å². The summed E-state index contributed by atoms with van der Waals surface area (Å²) in [5.74, 6) is 0. The summed E-state index contributed by atoms with van der Waals surface area (Å²) in [6.07, 6.45) is 0. The Kier molecular flexibility index (Phi) is 6.24. The Morgan fingerprint density at radius 2 is 1.43 bits per heavy atom. The molecule has 1 aromatic carbocycles. The van der Waals surface area contributed by atoms with E-state index in [4.69, 9.17) is 21.4 Å². The second-order valence-electron chi connectivity index (χ2n) is 4.03. The SMILES string of the molecule is Cc1ccccc1S(=O)(=O)Cl.Cc1ccsc1S(=O)(=O)Cl. The Bertz CT molecular complexity index is 824. The van der Waals surface area contributed by atoms with Crippen molar-refractivity contribution >= 4 is 50.8 Å². The summed E-state index contributed by atoms with van der Waals surface area (Å²) < 4.78 is 43.3. The van der Waals surface area contributed by atoms with Crippen LogP contribution >= 0.6 is 32.7 Å². The number of hydrogen-bond donors (Lipinski definition) is 0. The molecule has 0 aliphatic carbocycles. The lowest BCUT2D eigenvalue weighted by Gasteiger charge is -1.98. The standard InChI is InChI=1S/C7H7ClO2S.C5H5ClO2S2/c1-6-4-2-3-5-7(6)11(8,9)10;1-4-2-3-9-5(4)10(6,7)8/h2-5H,1H3;2-3H,1H3. The van der Waals surface area contributed by atoms with E-state index in [0.717, 1.165) is 11.3 Å². The summed E-state index contributed by atoms with van der Waals surface area (Å²) in [7, 11) is 3.16. The van der Waals surface area contributed by atoms with Gasteiger partial charge in [-0.1, -0.05) is 18.2 Å². The van der Waals surface area contributed by atoms with E-state index in [0.29, 0.717) is 11.1 Å². The van der Waals surface area contributed by atoms with Gasteiger partial charge in [0.05, 0.1) is 4.90 Å². The largest absolute Gasteiger partial charge is 0.270 e. The molecule has 1 heterocycles. The summed E-state index contributed by atoms with van der Waals surface area (Å²) in [6.45, 7) is 3.42. The fraction of sp³-hybridized carbons (Fsp3) is 0.167. The third-order valence-corrected chi connectivity index (χ3v) is 7.13. The third kappa shape index (κ3) is 5.60. The van der Waals surface area contributed by atoms with Crippen LogP contribution in [0, 0.1) is 13.8 Å². The fourth-order valence-electron chi connectivity index (χ4n) is 1.44. The maximum Gasteiger partial charge on any atom is 0.270 e. The lowest BCUT2D eigenvalue weighted by atomic mass is 10.2. The first kappa shape index (κ1) is 18.4. The van der Waals surface area contributed by atoms with Crippen molar-refractivity contribution in [2.45, 2.75) is 23.0 Å². The molecule has 0 N–H and O–H groups in total. The Labute approximate surface area is 137 Å². The topological polar surface area (TPSA) is 68.3 Å². The summed E-state index contributed by atoms with van der Waals surface area (Å²) >= 11 is 1.14. The molecular weight excluding hydrogens is 375 g/mol. The number of thiophene rings is 1. The third-order valence-electron chi connectivity index (χ3n) is 2.39. The molecule has 0 unspecified atom stereocenters. The van der Waals surface area contributed by atoms with Gasteiger partial charge >= 0.3 is 0 Å². The highest BCUT2D eigenvalue weighted by molar-refractivity contribution is 8.15. The molecule has 21 heavy (non-hydrogen) atoms. The number of benzene rings is 1. The normalized spacial score (nSPS) is 11.6. The van der Waals surface area contributed by atoms with Gasteiger partial charge in [0.2, 0.25) is 0 Å². The molecule has 0 amide bonds. The van der Waals surface area contributed by atoms with Gasteiger partial charge in [-0.15, -0.1) is 11.3 Å².